The second-order valence-electron chi connectivity index (χ2n) is 6.64. The summed E-state index contributed by atoms with van der Waals surface area (Å²) in [5, 5.41) is 0. The molecule has 1 aliphatic heterocycles. The minimum atomic E-state index is -0.556. The van der Waals surface area contributed by atoms with Gasteiger partial charge in [-0.25, -0.2) is 14.6 Å². The van der Waals surface area contributed by atoms with E-state index in [2.05, 4.69) is 20.9 Å². The molecule has 3 aromatic rings. The number of benzene rings is 3. The van der Waals surface area contributed by atoms with Gasteiger partial charge in [0.1, 0.15) is 5.75 Å². The van der Waals surface area contributed by atoms with Gasteiger partial charge in [0, 0.05) is 15.6 Å². The Kier molecular flexibility index (Phi) is 5.59. The van der Waals surface area contributed by atoms with Crippen LogP contribution in [0.1, 0.15) is 27.0 Å². The molecule has 3 aromatic carbocycles. The van der Waals surface area contributed by atoms with Gasteiger partial charge in [-0.05, 0) is 55.5 Å². The van der Waals surface area contributed by atoms with Gasteiger partial charge < -0.3 is 9.47 Å². The molecule has 0 aliphatic carbocycles. The first-order valence-corrected chi connectivity index (χ1v) is 9.95. The number of aliphatic imine (C=N–C) groups is 1. The number of esters is 2. The van der Waals surface area contributed by atoms with Crippen LogP contribution in [0.25, 0.3) is 6.08 Å². The highest BCUT2D eigenvalue weighted by Gasteiger charge is 2.24. The highest BCUT2D eigenvalue weighted by molar-refractivity contribution is 9.10. The molecular weight excluding hydrogens is 446 g/mol. The van der Waals surface area contributed by atoms with Crippen LogP contribution in [0.3, 0.4) is 0 Å². The summed E-state index contributed by atoms with van der Waals surface area (Å²) >= 11 is 3.34. The molecule has 1 heterocycles. The Morgan fingerprint density at radius 3 is 2.43 bits per heavy atom. The Balaban J connectivity index is 1.61. The molecule has 4 rings (SSSR count). The molecule has 0 saturated carbocycles. The summed E-state index contributed by atoms with van der Waals surface area (Å²) in [5.41, 5.74) is 2.91. The Labute approximate surface area is 181 Å². The van der Waals surface area contributed by atoms with Crippen LogP contribution >= 0.6 is 15.9 Å². The average molecular weight is 462 g/mol. The van der Waals surface area contributed by atoms with Crippen molar-refractivity contribution in [1.82, 2.24) is 0 Å². The predicted molar refractivity (Wildman–Crippen MR) is 117 cm³/mol. The number of aryl methyl sites for hydroxylation is 1. The van der Waals surface area contributed by atoms with Crippen LogP contribution in [0, 0.1) is 6.92 Å². The lowest BCUT2D eigenvalue weighted by molar-refractivity contribution is -0.129. The van der Waals surface area contributed by atoms with E-state index in [-0.39, 0.29) is 11.6 Å². The molecule has 0 amide bonds. The normalized spacial score (nSPS) is 14.4. The first-order chi connectivity index (χ1) is 14.5. The van der Waals surface area contributed by atoms with Gasteiger partial charge in [0.05, 0.1) is 5.56 Å². The van der Waals surface area contributed by atoms with Gasteiger partial charge in [0.25, 0.3) is 0 Å². The van der Waals surface area contributed by atoms with E-state index in [4.69, 9.17) is 9.47 Å². The van der Waals surface area contributed by atoms with E-state index in [9.17, 15) is 9.59 Å². The number of nitrogens with zero attached hydrogens (tertiary/aromatic N) is 1. The third-order valence-corrected chi connectivity index (χ3v) is 4.94. The second-order valence-corrected chi connectivity index (χ2v) is 7.55. The first-order valence-electron chi connectivity index (χ1n) is 9.16. The fraction of sp³-hybridized carbons (Fsp3) is 0.0417. The molecule has 0 unspecified atom stereocenters. The minimum Gasteiger partial charge on any atom is -0.422 e. The number of carbonyl (C=O) groups is 2. The highest BCUT2D eigenvalue weighted by Crippen LogP contribution is 2.26. The molecule has 148 valence electrons. The maximum absolute atomic E-state index is 12.5. The summed E-state index contributed by atoms with van der Waals surface area (Å²) in [4.78, 5) is 29.1. The Morgan fingerprint density at radius 2 is 1.70 bits per heavy atom. The minimum absolute atomic E-state index is 0.137. The van der Waals surface area contributed by atoms with Crippen molar-refractivity contribution in [3.8, 4) is 5.75 Å². The maximum atomic E-state index is 12.5. The zero-order chi connectivity index (χ0) is 21.1. The lowest BCUT2D eigenvalue weighted by Crippen LogP contribution is -2.09. The number of hydrogen-bond donors (Lipinski definition) is 0. The van der Waals surface area contributed by atoms with Gasteiger partial charge in [0.2, 0.25) is 5.90 Å². The van der Waals surface area contributed by atoms with Crippen molar-refractivity contribution in [1.29, 1.82) is 0 Å². The van der Waals surface area contributed by atoms with Crippen LogP contribution < -0.4 is 4.74 Å². The second kappa shape index (κ2) is 8.47. The van der Waals surface area contributed by atoms with E-state index in [1.807, 2.05) is 31.2 Å². The van der Waals surface area contributed by atoms with Gasteiger partial charge in [0.15, 0.2) is 5.70 Å². The van der Waals surface area contributed by atoms with Crippen LogP contribution in [0.4, 0.5) is 0 Å². The molecule has 30 heavy (non-hydrogen) atoms. The van der Waals surface area contributed by atoms with Crippen LogP contribution in [0.5, 0.6) is 5.75 Å². The summed E-state index contributed by atoms with van der Waals surface area (Å²) in [6.07, 6.45) is 1.55. The number of carbonyl (C=O) groups excluding carboxylic acids is 2. The van der Waals surface area contributed by atoms with E-state index >= 15 is 0 Å². The first kappa shape index (κ1) is 19.8. The van der Waals surface area contributed by atoms with Crippen LogP contribution in [0.2, 0.25) is 0 Å². The summed E-state index contributed by atoms with van der Waals surface area (Å²) in [7, 11) is 0. The van der Waals surface area contributed by atoms with Crippen LogP contribution in [0.15, 0.2) is 88.0 Å². The number of ether oxygens (including phenoxy) is 2. The molecule has 1 aliphatic rings. The number of halogens is 1. The largest absolute Gasteiger partial charge is 0.422 e. The van der Waals surface area contributed by atoms with Crippen molar-refractivity contribution in [2.45, 2.75) is 6.92 Å². The predicted octanol–water partition coefficient (Wildman–Crippen LogP) is 5.32. The molecule has 5 nitrogen and oxygen atoms in total. The zero-order valence-electron chi connectivity index (χ0n) is 16.0. The summed E-state index contributed by atoms with van der Waals surface area (Å²) in [5.74, 6) is -0.480. The quantitative estimate of drug-likeness (QED) is 0.299. The van der Waals surface area contributed by atoms with E-state index < -0.39 is 11.9 Å². The van der Waals surface area contributed by atoms with Crippen molar-refractivity contribution < 1.29 is 19.1 Å². The van der Waals surface area contributed by atoms with Crippen LogP contribution in [-0.2, 0) is 9.53 Å². The Hall–Kier alpha value is -3.51. The van der Waals surface area contributed by atoms with Gasteiger partial charge >= 0.3 is 11.9 Å². The van der Waals surface area contributed by atoms with Crippen LogP contribution in [-0.4, -0.2) is 17.8 Å². The van der Waals surface area contributed by atoms with E-state index in [1.54, 1.807) is 54.6 Å². The monoisotopic (exact) mass is 461 g/mol. The molecule has 0 bridgehead atoms. The van der Waals surface area contributed by atoms with E-state index in [0.29, 0.717) is 22.4 Å². The lowest BCUT2D eigenvalue weighted by Gasteiger charge is -2.07. The van der Waals surface area contributed by atoms with Crippen molar-refractivity contribution in [2.24, 2.45) is 4.99 Å². The third-order valence-electron chi connectivity index (χ3n) is 4.41. The third kappa shape index (κ3) is 4.39. The van der Waals surface area contributed by atoms with Gasteiger partial charge in [-0.2, -0.15) is 0 Å². The topological polar surface area (TPSA) is 65.0 Å². The van der Waals surface area contributed by atoms with Gasteiger partial charge in [-0.15, -0.1) is 0 Å². The molecule has 0 spiro atoms. The molecule has 0 N–H and O–H groups in total. The van der Waals surface area contributed by atoms with Crippen molar-refractivity contribution in [3.63, 3.8) is 0 Å². The molecule has 0 fully saturated rings. The van der Waals surface area contributed by atoms with E-state index in [1.165, 1.54) is 0 Å². The van der Waals surface area contributed by atoms with Gasteiger partial charge in [-0.3, -0.25) is 0 Å². The maximum Gasteiger partial charge on any atom is 0.363 e. The van der Waals surface area contributed by atoms with Crippen molar-refractivity contribution >= 4 is 39.8 Å². The molecule has 0 aromatic heterocycles. The SMILES string of the molecule is Cc1ccc(C2=N/C(=C\c3ccccc3OC(=O)c3ccc(Br)cc3)C(=O)O2)cc1. The molecule has 0 atom stereocenters. The standard InChI is InChI=1S/C24H16BrNO4/c1-15-6-8-16(9-7-15)22-26-20(24(28)30-22)14-18-4-2-3-5-21(18)29-23(27)17-10-12-19(25)13-11-17/h2-14H,1H3/b20-14-. The highest BCUT2D eigenvalue weighted by atomic mass is 79.9. The zero-order valence-corrected chi connectivity index (χ0v) is 17.5. The fourth-order valence-corrected chi connectivity index (χ4v) is 3.08. The Bertz CT molecular complexity index is 1180. The number of hydrogen-bond acceptors (Lipinski definition) is 5. The molecule has 6 heteroatoms. The van der Waals surface area contributed by atoms with Crippen molar-refractivity contribution in [3.05, 3.63) is 105 Å². The lowest BCUT2D eigenvalue weighted by atomic mass is 10.1. The summed E-state index contributed by atoms with van der Waals surface area (Å²) < 4.78 is 11.7. The smallest absolute Gasteiger partial charge is 0.363 e. The number of para-hydroxylation sites is 1. The molecular formula is C24H16BrNO4. The number of rotatable bonds is 4. The molecule has 0 saturated heterocycles. The van der Waals surface area contributed by atoms with Gasteiger partial charge in [-0.1, -0.05) is 51.8 Å². The fourth-order valence-electron chi connectivity index (χ4n) is 2.81. The van der Waals surface area contributed by atoms with E-state index in [0.717, 1.165) is 10.0 Å². The van der Waals surface area contributed by atoms with Crippen molar-refractivity contribution in [2.75, 3.05) is 0 Å². The molecule has 0 radical (unpaired) electrons. The summed E-state index contributed by atoms with van der Waals surface area (Å²) in [6.45, 7) is 1.98. The number of cyclic esters (lactones) is 1. The average Bonchev–Trinajstić information content (AvgIpc) is 3.10. The Morgan fingerprint density at radius 1 is 1.00 bits per heavy atom. The summed E-state index contributed by atoms with van der Waals surface area (Å²) in [6, 6.07) is 21.3.